The summed E-state index contributed by atoms with van der Waals surface area (Å²) in [5.74, 6) is -1.09. The summed E-state index contributed by atoms with van der Waals surface area (Å²) in [5, 5.41) is 17.7. The molecule has 2 rings (SSSR count). The Morgan fingerprint density at radius 2 is 2.40 bits per heavy atom. The van der Waals surface area contributed by atoms with Crippen molar-refractivity contribution < 1.29 is 14.6 Å². The van der Waals surface area contributed by atoms with Crippen molar-refractivity contribution in [2.75, 3.05) is 0 Å². The van der Waals surface area contributed by atoms with Gasteiger partial charge in [-0.1, -0.05) is 0 Å². The second-order valence-corrected chi connectivity index (χ2v) is 3.27. The predicted molar refractivity (Wildman–Crippen MR) is 49.6 cm³/mol. The number of hydrogen-bond acceptors (Lipinski definition) is 4. The van der Waals surface area contributed by atoms with Gasteiger partial charge in [-0.05, 0) is 18.9 Å². The SMILES string of the molecule is N#Cc1ccnc(C(=O)O)c1OC1CC1. The van der Waals surface area contributed by atoms with Gasteiger partial charge in [0.1, 0.15) is 6.07 Å². The van der Waals surface area contributed by atoms with Crippen LogP contribution in [0.2, 0.25) is 0 Å². The van der Waals surface area contributed by atoms with Gasteiger partial charge in [-0.2, -0.15) is 5.26 Å². The van der Waals surface area contributed by atoms with E-state index in [4.69, 9.17) is 15.1 Å². The first-order chi connectivity index (χ1) is 7.22. The van der Waals surface area contributed by atoms with Crippen LogP contribution in [0.3, 0.4) is 0 Å². The molecule has 0 aromatic carbocycles. The molecule has 0 atom stereocenters. The van der Waals surface area contributed by atoms with Crippen LogP contribution in [0, 0.1) is 11.3 Å². The second-order valence-electron chi connectivity index (χ2n) is 3.27. The molecule has 1 fully saturated rings. The number of carbonyl (C=O) groups is 1. The average Bonchev–Trinajstić information content (AvgIpc) is 3.01. The lowest BCUT2D eigenvalue weighted by molar-refractivity contribution is 0.0685. The zero-order chi connectivity index (χ0) is 10.8. The number of aromatic nitrogens is 1. The summed E-state index contributed by atoms with van der Waals surface area (Å²) < 4.78 is 5.37. The van der Waals surface area contributed by atoms with Gasteiger partial charge in [0.25, 0.3) is 0 Å². The molecular weight excluding hydrogens is 196 g/mol. The van der Waals surface area contributed by atoms with E-state index in [1.54, 1.807) is 0 Å². The van der Waals surface area contributed by atoms with Crippen molar-refractivity contribution in [2.45, 2.75) is 18.9 Å². The van der Waals surface area contributed by atoms with Crippen LogP contribution < -0.4 is 4.74 Å². The van der Waals surface area contributed by atoms with Crippen LogP contribution in [0.4, 0.5) is 0 Å². The quantitative estimate of drug-likeness (QED) is 0.799. The Bertz CT molecular complexity index is 446. The van der Waals surface area contributed by atoms with Gasteiger partial charge in [-0.25, -0.2) is 9.78 Å². The maximum atomic E-state index is 10.8. The molecule has 1 saturated carbocycles. The lowest BCUT2D eigenvalue weighted by Crippen LogP contribution is -2.08. The number of pyridine rings is 1. The van der Waals surface area contributed by atoms with Gasteiger partial charge in [-0.3, -0.25) is 0 Å². The summed E-state index contributed by atoms with van der Waals surface area (Å²) in [6, 6.07) is 3.34. The molecule has 15 heavy (non-hydrogen) atoms. The van der Waals surface area contributed by atoms with Crippen molar-refractivity contribution in [1.29, 1.82) is 5.26 Å². The number of aromatic carboxylic acids is 1. The fraction of sp³-hybridized carbons (Fsp3) is 0.300. The van der Waals surface area contributed by atoms with Crippen LogP contribution in [-0.2, 0) is 0 Å². The number of carboxylic acid groups (broad SMARTS) is 1. The van der Waals surface area contributed by atoms with E-state index in [1.807, 2.05) is 6.07 Å². The summed E-state index contributed by atoms with van der Waals surface area (Å²) >= 11 is 0. The number of carboxylic acids is 1. The van der Waals surface area contributed by atoms with Gasteiger partial charge in [0.15, 0.2) is 11.4 Å². The topological polar surface area (TPSA) is 83.2 Å². The van der Waals surface area contributed by atoms with E-state index in [2.05, 4.69) is 4.98 Å². The van der Waals surface area contributed by atoms with E-state index < -0.39 is 5.97 Å². The first-order valence-electron chi connectivity index (χ1n) is 4.51. The minimum absolute atomic E-state index is 0.0411. The zero-order valence-corrected chi connectivity index (χ0v) is 7.80. The molecule has 1 aliphatic rings. The highest BCUT2D eigenvalue weighted by Crippen LogP contribution is 2.30. The van der Waals surface area contributed by atoms with Crippen LogP contribution in [0.25, 0.3) is 0 Å². The van der Waals surface area contributed by atoms with Gasteiger partial charge in [0.2, 0.25) is 0 Å². The lowest BCUT2D eigenvalue weighted by atomic mass is 10.2. The summed E-state index contributed by atoms with van der Waals surface area (Å²) in [7, 11) is 0. The average molecular weight is 204 g/mol. The first kappa shape index (κ1) is 9.46. The van der Waals surface area contributed by atoms with Gasteiger partial charge < -0.3 is 9.84 Å². The van der Waals surface area contributed by atoms with Crippen molar-refractivity contribution >= 4 is 5.97 Å². The van der Waals surface area contributed by atoms with Gasteiger partial charge in [-0.15, -0.1) is 0 Å². The molecule has 5 nitrogen and oxygen atoms in total. The lowest BCUT2D eigenvalue weighted by Gasteiger charge is -2.08. The Labute approximate surface area is 85.9 Å². The predicted octanol–water partition coefficient (Wildman–Crippen LogP) is 1.19. The van der Waals surface area contributed by atoms with Crippen molar-refractivity contribution in [3.05, 3.63) is 23.5 Å². The molecule has 1 aromatic heterocycles. The molecule has 76 valence electrons. The van der Waals surface area contributed by atoms with Crippen LogP contribution in [-0.4, -0.2) is 22.2 Å². The van der Waals surface area contributed by atoms with Crippen molar-refractivity contribution in [3.8, 4) is 11.8 Å². The maximum absolute atomic E-state index is 10.8. The molecule has 1 aliphatic carbocycles. The molecule has 0 saturated heterocycles. The largest absolute Gasteiger partial charge is 0.486 e. The monoisotopic (exact) mass is 204 g/mol. The normalized spacial score (nSPS) is 14.3. The third-order valence-corrected chi connectivity index (χ3v) is 2.04. The third-order valence-electron chi connectivity index (χ3n) is 2.04. The molecule has 0 unspecified atom stereocenters. The molecule has 0 bridgehead atoms. The Balaban J connectivity index is 2.44. The standard InChI is InChI=1S/C10H8N2O3/c11-5-6-3-4-12-8(10(13)14)9(6)15-7-1-2-7/h3-4,7H,1-2H2,(H,13,14). The highest BCUT2D eigenvalue weighted by Gasteiger charge is 2.28. The zero-order valence-electron chi connectivity index (χ0n) is 7.80. The smallest absolute Gasteiger partial charge is 0.358 e. The van der Waals surface area contributed by atoms with E-state index >= 15 is 0 Å². The fourth-order valence-corrected chi connectivity index (χ4v) is 1.16. The minimum Gasteiger partial charge on any atom is -0.486 e. The van der Waals surface area contributed by atoms with Crippen LogP contribution in [0.15, 0.2) is 12.3 Å². The molecule has 1 N–H and O–H groups in total. The van der Waals surface area contributed by atoms with E-state index in [-0.39, 0.29) is 23.1 Å². The molecule has 0 radical (unpaired) electrons. The van der Waals surface area contributed by atoms with Crippen LogP contribution in [0.5, 0.6) is 5.75 Å². The Morgan fingerprint density at radius 3 is 2.93 bits per heavy atom. The molecule has 1 aromatic rings. The highest BCUT2D eigenvalue weighted by atomic mass is 16.5. The molecular formula is C10H8N2O3. The van der Waals surface area contributed by atoms with Gasteiger partial charge in [0.05, 0.1) is 11.7 Å². The number of rotatable bonds is 3. The van der Waals surface area contributed by atoms with Gasteiger partial charge >= 0.3 is 5.97 Å². The molecule has 0 aliphatic heterocycles. The van der Waals surface area contributed by atoms with Crippen molar-refractivity contribution in [2.24, 2.45) is 0 Å². The first-order valence-corrected chi connectivity index (χ1v) is 4.51. The van der Waals surface area contributed by atoms with E-state index in [1.165, 1.54) is 12.3 Å². The highest BCUT2D eigenvalue weighted by molar-refractivity contribution is 5.89. The Kier molecular flexibility index (Phi) is 2.26. The summed E-state index contributed by atoms with van der Waals surface area (Å²) in [6.07, 6.45) is 3.14. The maximum Gasteiger partial charge on any atom is 0.358 e. The number of nitriles is 1. The van der Waals surface area contributed by atoms with Crippen LogP contribution >= 0.6 is 0 Å². The van der Waals surface area contributed by atoms with Crippen LogP contribution in [0.1, 0.15) is 28.9 Å². The summed E-state index contributed by atoms with van der Waals surface area (Å²) in [4.78, 5) is 14.5. The third kappa shape index (κ3) is 1.89. The molecule has 5 heteroatoms. The minimum atomic E-state index is -1.18. The molecule has 1 heterocycles. The second kappa shape index (κ2) is 3.58. The van der Waals surface area contributed by atoms with Crippen molar-refractivity contribution in [1.82, 2.24) is 4.98 Å². The van der Waals surface area contributed by atoms with Gasteiger partial charge in [0, 0.05) is 6.20 Å². The molecule has 0 amide bonds. The fourth-order valence-electron chi connectivity index (χ4n) is 1.16. The number of ether oxygens (including phenoxy) is 1. The van der Waals surface area contributed by atoms with E-state index in [0.29, 0.717) is 0 Å². The van der Waals surface area contributed by atoms with E-state index in [0.717, 1.165) is 12.8 Å². The Morgan fingerprint density at radius 1 is 1.67 bits per heavy atom. The summed E-state index contributed by atoms with van der Waals surface area (Å²) in [6.45, 7) is 0. The van der Waals surface area contributed by atoms with E-state index in [9.17, 15) is 4.79 Å². The number of nitrogens with zero attached hydrogens (tertiary/aromatic N) is 2. The summed E-state index contributed by atoms with van der Waals surface area (Å²) in [5.41, 5.74) is 0.0234. The van der Waals surface area contributed by atoms with Crippen molar-refractivity contribution in [3.63, 3.8) is 0 Å². The Hall–Kier alpha value is -2.09. The number of hydrogen-bond donors (Lipinski definition) is 1. The molecule has 0 spiro atoms.